The molecule has 7 nitrogen and oxygen atoms in total. The molecule has 1 N–H and O–H groups in total. The Morgan fingerprint density at radius 1 is 1.08 bits per heavy atom. The highest BCUT2D eigenvalue weighted by Gasteiger charge is 2.26. The van der Waals surface area contributed by atoms with E-state index in [2.05, 4.69) is 5.32 Å². The first-order valence-electron chi connectivity index (χ1n) is 8.29. The molecule has 144 valence electrons. The van der Waals surface area contributed by atoms with Crippen LogP contribution in [0.2, 0.25) is 0 Å². The van der Waals surface area contributed by atoms with Crippen molar-refractivity contribution in [3.63, 3.8) is 0 Å². The van der Waals surface area contributed by atoms with Gasteiger partial charge in [0.15, 0.2) is 0 Å². The predicted molar refractivity (Wildman–Crippen MR) is 104 cm³/mol. The molecule has 0 aliphatic heterocycles. The molecule has 0 radical (unpaired) electrons. The average Bonchev–Trinajstić information content (AvgIpc) is 2.62. The lowest BCUT2D eigenvalue weighted by Gasteiger charge is -2.20. The van der Waals surface area contributed by atoms with Gasteiger partial charge in [0, 0.05) is 6.42 Å². The summed E-state index contributed by atoms with van der Waals surface area (Å²) < 4.78 is 15.3. The summed E-state index contributed by atoms with van der Waals surface area (Å²) in [6.45, 7) is 3.78. The van der Waals surface area contributed by atoms with E-state index in [0.717, 1.165) is 5.56 Å². The zero-order chi connectivity index (χ0) is 19.4. The van der Waals surface area contributed by atoms with Crippen molar-refractivity contribution in [2.75, 3.05) is 11.2 Å². The quantitative estimate of drug-likeness (QED) is 0.183. The molecular weight excluding hydrogens is 453 g/mol. The van der Waals surface area contributed by atoms with Crippen molar-refractivity contribution >= 4 is 40.6 Å². The Bertz CT molecular complexity index is 578. The molecule has 0 saturated carbocycles. The van der Waals surface area contributed by atoms with E-state index in [-0.39, 0.29) is 31.5 Å². The van der Waals surface area contributed by atoms with Crippen molar-refractivity contribution in [1.82, 2.24) is 5.32 Å². The average molecular weight is 477 g/mol. The van der Waals surface area contributed by atoms with Crippen LogP contribution in [0.25, 0.3) is 0 Å². The van der Waals surface area contributed by atoms with E-state index in [1.807, 2.05) is 52.9 Å². The topological polar surface area (TPSA) is 90.9 Å². The SMILES string of the molecule is CC(C)[C@H](NC(=O)OCc1ccccc1)C(=O)OCCCC(=O)OCI. The smallest absolute Gasteiger partial charge is 0.408 e. The third-order valence-electron chi connectivity index (χ3n) is 3.39. The Morgan fingerprint density at radius 2 is 1.77 bits per heavy atom. The fourth-order valence-corrected chi connectivity index (χ4v) is 2.35. The molecule has 1 amide bonds. The van der Waals surface area contributed by atoms with Crippen LogP contribution in [0.5, 0.6) is 0 Å². The molecule has 0 saturated heterocycles. The van der Waals surface area contributed by atoms with Crippen molar-refractivity contribution in [2.45, 2.75) is 39.3 Å². The van der Waals surface area contributed by atoms with Crippen LogP contribution in [0.3, 0.4) is 0 Å². The Hall–Kier alpha value is -1.84. The zero-order valence-electron chi connectivity index (χ0n) is 14.9. The molecule has 0 spiro atoms. The number of alkyl carbamates (subject to hydrolysis) is 1. The molecule has 0 fully saturated rings. The van der Waals surface area contributed by atoms with Gasteiger partial charge < -0.3 is 19.5 Å². The minimum absolute atomic E-state index is 0.0825. The van der Waals surface area contributed by atoms with Gasteiger partial charge >= 0.3 is 18.0 Å². The summed E-state index contributed by atoms with van der Waals surface area (Å²) in [5.41, 5.74) is 0.852. The number of hydrogen-bond donors (Lipinski definition) is 1. The highest BCUT2D eigenvalue weighted by molar-refractivity contribution is 14.1. The number of rotatable bonds is 10. The summed E-state index contributed by atoms with van der Waals surface area (Å²) in [6, 6.07) is 8.42. The second kappa shape index (κ2) is 12.5. The molecule has 1 rings (SSSR count). The Balaban J connectivity index is 2.37. The van der Waals surface area contributed by atoms with Crippen LogP contribution in [-0.2, 0) is 30.4 Å². The fraction of sp³-hybridized carbons (Fsp3) is 0.500. The van der Waals surface area contributed by atoms with Gasteiger partial charge in [-0.3, -0.25) is 4.79 Å². The maximum atomic E-state index is 12.2. The van der Waals surface area contributed by atoms with Crippen molar-refractivity contribution in [3.8, 4) is 0 Å². The minimum atomic E-state index is -0.820. The summed E-state index contributed by atoms with van der Waals surface area (Å²) in [5.74, 6) is -1.06. The molecule has 0 bridgehead atoms. The lowest BCUT2D eigenvalue weighted by Crippen LogP contribution is -2.45. The number of ether oxygens (including phenoxy) is 3. The summed E-state index contributed by atoms with van der Waals surface area (Å²) in [4.78, 5) is 35.3. The van der Waals surface area contributed by atoms with Crippen LogP contribution in [0.4, 0.5) is 4.79 Å². The molecule has 1 atom stereocenters. The zero-order valence-corrected chi connectivity index (χ0v) is 17.1. The Morgan fingerprint density at radius 3 is 2.38 bits per heavy atom. The van der Waals surface area contributed by atoms with Crippen LogP contribution >= 0.6 is 22.6 Å². The maximum absolute atomic E-state index is 12.2. The number of hydrogen-bond acceptors (Lipinski definition) is 6. The summed E-state index contributed by atoms with van der Waals surface area (Å²) in [7, 11) is 0. The van der Waals surface area contributed by atoms with E-state index in [1.165, 1.54) is 0 Å². The summed E-state index contributed by atoms with van der Waals surface area (Å²) in [6.07, 6.45) is -0.144. The van der Waals surface area contributed by atoms with E-state index in [4.69, 9.17) is 14.2 Å². The van der Waals surface area contributed by atoms with Crippen LogP contribution in [0.15, 0.2) is 30.3 Å². The number of esters is 2. The van der Waals surface area contributed by atoms with E-state index in [1.54, 1.807) is 13.8 Å². The lowest BCUT2D eigenvalue weighted by atomic mass is 10.1. The highest BCUT2D eigenvalue weighted by atomic mass is 127. The highest BCUT2D eigenvalue weighted by Crippen LogP contribution is 2.07. The number of halogens is 1. The third-order valence-corrected chi connectivity index (χ3v) is 3.70. The van der Waals surface area contributed by atoms with Crippen molar-refractivity contribution in [2.24, 2.45) is 5.92 Å². The minimum Gasteiger partial charge on any atom is -0.464 e. The van der Waals surface area contributed by atoms with Crippen molar-refractivity contribution < 1.29 is 28.6 Å². The number of benzene rings is 1. The van der Waals surface area contributed by atoms with E-state index >= 15 is 0 Å². The molecule has 1 aromatic rings. The summed E-state index contributed by atoms with van der Waals surface area (Å²) in [5, 5.41) is 2.53. The van der Waals surface area contributed by atoms with E-state index in [0.29, 0.717) is 11.0 Å². The molecule has 0 aliphatic carbocycles. The number of amides is 1. The van der Waals surface area contributed by atoms with Crippen molar-refractivity contribution in [3.05, 3.63) is 35.9 Å². The first-order chi connectivity index (χ1) is 12.4. The van der Waals surface area contributed by atoms with E-state index < -0.39 is 18.1 Å². The molecule has 0 heterocycles. The first kappa shape index (κ1) is 22.2. The van der Waals surface area contributed by atoms with Gasteiger partial charge in [0.2, 0.25) is 0 Å². The maximum Gasteiger partial charge on any atom is 0.408 e. The summed E-state index contributed by atoms with van der Waals surface area (Å²) >= 11 is 1.93. The van der Waals surface area contributed by atoms with Gasteiger partial charge in [-0.05, 0) is 40.5 Å². The van der Waals surface area contributed by atoms with Gasteiger partial charge in [-0.1, -0.05) is 44.2 Å². The van der Waals surface area contributed by atoms with Gasteiger partial charge in [-0.15, -0.1) is 0 Å². The number of carbonyl (C=O) groups excluding carboxylic acids is 3. The second-order valence-electron chi connectivity index (χ2n) is 5.82. The number of nitrogens with one attached hydrogen (secondary N) is 1. The predicted octanol–water partition coefficient (Wildman–Crippen LogP) is 3.20. The van der Waals surface area contributed by atoms with Gasteiger partial charge in [0.05, 0.1) is 6.61 Å². The van der Waals surface area contributed by atoms with Crippen LogP contribution < -0.4 is 5.32 Å². The van der Waals surface area contributed by atoms with Gasteiger partial charge in [0.25, 0.3) is 0 Å². The van der Waals surface area contributed by atoms with Crippen LogP contribution in [0.1, 0.15) is 32.3 Å². The molecular formula is C18H24INO6. The third kappa shape index (κ3) is 9.02. The van der Waals surface area contributed by atoms with Gasteiger partial charge in [-0.2, -0.15) is 0 Å². The molecule has 0 aliphatic rings. The molecule has 0 unspecified atom stereocenters. The first-order valence-corrected chi connectivity index (χ1v) is 9.82. The fourth-order valence-electron chi connectivity index (χ4n) is 2.00. The normalized spacial score (nSPS) is 11.5. The molecule has 1 aromatic carbocycles. The Kier molecular flexibility index (Phi) is 10.7. The molecule has 26 heavy (non-hydrogen) atoms. The second-order valence-corrected chi connectivity index (χ2v) is 6.45. The monoisotopic (exact) mass is 477 g/mol. The Labute approximate surface area is 166 Å². The van der Waals surface area contributed by atoms with Crippen LogP contribution in [-0.4, -0.2) is 35.3 Å². The van der Waals surface area contributed by atoms with Crippen molar-refractivity contribution in [1.29, 1.82) is 0 Å². The number of alkyl halides is 1. The lowest BCUT2D eigenvalue weighted by molar-refractivity contribution is -0.149. The molecule has 8 heteroatoms. The standard InChI is InChI=1S/C18H24INO6/c1-13(2)16(17(22)24-10-6-9-15(21)26-12-19)20-18(23)25-11-14-7-4-3-5-8-14/h3-5,7-8,13,16H,6,9-12H2,1-2H3,(H,20,23)/t16-/m0/s1. The largest absolute Gasteiger partial charge is 0.464 e. The van der Waals surface area contributed by atoms with Crippen LogP contribution in [0, 0.1) is 5.92 Å². The van der Waals surface area contributed by atoms with Gasteiger partial charge in [0.1, 0.15) is 17.3 Å². The van der Waals surface area contributed by atoms with Gasteiger partial charge in [-0.25, -0.2) is 9.59 Å². The molecule has 0 aromatic heterocycles. The number of carbonyl (C=O) groups is 3. The van der Waals surface area contributed by atoms with E-state index in [9.17, 15) is 14.4 Å².